The quantitative estimate of drug-likeness (QED) is 0.667. The fourth-order valence-corrected chi connectivity index (χ4v) is 4.26. The highest BCUT2D eigenvalue weighted by atomic mass is 32.1. The van der Waals surface area contributed by atoms with Gasteiger partial charge in [-0.25, -0.2) is 0 Å². The van der Waals surface area contributed by atoms with Gasteiger partial charge in [0, 0.05) is 38.0 Å². The van der Waals surface area contributed by atoms with E-state index in [1.54, 1.807) is 0 Å². The Morgan fingerprint density at radius 3 is 2.61 bits per heavy atom. The average molecular weight is 402 g/mol. The Hall–Kier alpha value is -1.62. The van der Waals surface area contributed by atoms with Gasteiger partial charge in [0.25, 0.3) is 0 Å². The van der Waals surface area contributed by atoms with Crippen molar-refractivity contribution in [2.45, 2.75) is 77.7 Å². The van der Waals surface area contributed by atoms with Crippen molar-refractivity contribution in [2.75, 3.05) is 19.6 Å². The smallest absolute Gasteiger partial charge is 0.168 e. The normalized spacial score (nSPS) is 19.7. The van der Waals surface area contributed by atoms with Crippen molar-refractivity contribution < 1.29 is 4.84 Å². The second kappa shape index (κ2) is 9.73. The molecule has 5 heteroatoms. The SMILES string of the molecule is CC(C)c1ccc(C2=NOC(CCNC(=S)N3CCCCC3)C2)c(C(C)C)c1. The maximum Gasteiger partial charge on any atom is 0.168 e. The van der Waals surface area contributed by atoms with Crippen LogP contribution < -0.4 is 5.32 Å². The number of hydrogen-bond donors (Lipinski definition) is 1. The lowest BCUT2D eigenvalue weighted by Crippen LogP contribution is -2.43. The first-order valence-electron chi connectivity index (χ1n) is 10.9. The lowest BCUT2D eigenvalue weighted by atomic mass is 9.88. The lowest BCUT2D eigenvalue weighted by Gasteiger charge is -2.29. The number of likely N-dealkylation sites (tertiary alicyclic amines) is 1. The first kappa shape index (κ1) is 21.1. The van der Waals surface area contributed by atoms with E-state index in [9.17, 15) is 0 Å². The highest BCUT2D eigenvalue weighted by molar-refractivity contribution is 7.80. The molecule has 4 nitrogen and oxygen atoms in total. The first-order valence-corrected chi connectivity index (χ1v) is 11.3. The molecule has 0 spiro atoms. The summed E-state index contributed by atoms with van der Waals surface area (Å²) >= 11 is 5.54. The molecule has 0 saturated carbocycles. The molecular weight excluding hydrogens is 366 g/mol. The van der Waals surface area contributed by atoms with Gasteiger partial charge < -0.3 is 15.1 Å². The van der Waals surface area contributed by atoms with Gasteiger partial charge in [-0.15, -0.1) is 0 Å². The van der Waals surface area contributed by atoms with E-state index in [1.165, 1.54) is 36.0 Å². The van der Waals surface area contributed by atoms with Gasteiger partial charge in [-0.05, 0) is 54.4 Å². The topological polar surface area (TPSA) is 36.9 Å². The number of rotatable bonds is 6. The minimum absolute atomic E-state index is 0.136. The first-order chi connectivity index (χ1) is 13.5. The fraction of sp³-hybridized carbons (Fsp3) is 0.652. The van der Waals surface area contributed by atoms with Crippen LogP contribution >= 0.6 is 12.2 Å². The summed E-state index contributed by atoms with van der Waals surface area (Å²) in [5, 5.41) is 8.74. The molecule has 3 rings (SSSR count). The van der Waals surface area contributed by atoms with Gasteiger partial charge in [-0.3, -0.25) is 0 Å². The Morgan fingerprint density at radius 2 is 1.93 bits per heavy atom. The van der Waals surface area contributed by atoms with Crippen LogP contribution in [0.25, 0.3) is 0 Å². The Balaban J connectivity index is 1.53. The zero-order chi connectivity index (χ0) is 20.1. The van der Waals surface area contributed by atoms with Crippen LogP contribution in [0.5, 0.6) is 0 Å². The third-order valence-corrected chi connectivity index (χ3v) is 6.20. The molecule has 0 aromatic heterocycles. The molecule has 0 aliphatic carbocycles. The molecule has 154 valence electrons. The fourth-order valence-electron chi connectivity index (χ4n) is 3.97. The maximum atomic E-state index is 5.75. The van der Waals surface area contributed by atoms with Crippen LogP contribution in [0.3, 0.4) is 0 Å². The van der Waals surface area contributed by atoms with Crippen LogP contribution in [-0.4, -0.2) is 41.5 Å². The lowest BCUT2D eigenvalue weighted by molar-refractivity contribution is 0.0800. The van der Waals surface area contributed by atoms with Gasteiger partial charge in [0.05, 0.1) is 5.71 Å². The number of piperidine rings is 1. The molecule has 1 atom stereocenters. The third kappa shape index (κ3) is 5.25. The second-order valence-corrected chi connectivity index (χ2v) is 9.08. The summed E-state index contributed by atoms with van der Waals surface area (Å²) in [6, 6.07) is 6.82. The molecule has 1 unspecified atom stereocenters. The molecular formula is C23H35N3OS. The van der Waals surface area contributed by atoms with Crippen LogP contribution in [0.4, 0.5) is 0 Å². The second-order valence-electron chi connectivity index (χ2n) is 8.69. The molecule has 0 radical (unpaired) electrons. The Labute approximate surface area is 175 Å². The Kier molecular flexibility index (Phi) is 7.33. The van der Waals surface area contributed by atoms with Crippen molar-refractivity contribution in [1.29, 1.82) is 0 Å². The average Bonchev–Trinajstić information content (AvgIpc) is 3.16. The minimum atomic E-state index is 0.136. The van der Waals surface area contributed by atoms with Gasteiger partial charge >= 0.3 is 0 Å². The molecule has 1 aromatic rings. The summed E-state index contributed by atoms with van der Waals surface area (Å²) in [5.41, 5.74) is 5.10. The standard InChI is InChI=1S/C23H35N3OS/c1-16(2)18-8-9-20(21(14-18)17(3)4)22-15-19(27-25-22)10-11-24-23(28)26-12-6-5-7-13-26/h8-9,14,16-17,19H,5-7,10-13,15H2,1-4H3,(H,24,28). The van der Waals surface area contributed by atoms with Gasteiger partial charge in [0.15, 0.2) is 5.11 Å². The highest BCUT2D eigenvalue weighted by Crippen LogP contribution is 2.29. The zero-order valence-electron chi connectivity index (χ0n) is 17.8. The number of thiocarbonyl (C=S) groups is 1. The van der Waals surface area contributed by atoms with Crippen LogP contribution in [0.1, 0.15) is 88.3 Å². The van der Waals surface area contributed by atoms with E-state index >= 15 is 0 Å². The summed E-state index contributed by atoms with van der Waals surface area (Å²) in [7, 11) is 0. The molecule has 0 amide bonds. The van der Waals surface area contributed by atoms with Crippen LogP contribution in [0.15, 0.2) is 23.4 Å². The summed E-state index contributed by atoms with van der Waals surface area (Å²) in [6.07, 6.45) is 5.75. The monoisotopic (exact) mass is 401 g/mol. The van der Waals surface area contributed by atoms with Gasteiger partial charge in [-0.1, -0.05) is 51.0 Å². The Morgan fingerprint density at radius 1 is 1.18 bits per heavy atom. The summed E-state index contributed by atoms with van der Waals surface area (Å²) in [4.78, 5) is 8.04. The predicted octanol–water partition coefficient (Wildman–Crippen LogP) is 5.18. The molecule has 2 heterocycles. The largest absolute Gasteiger partial charge is 0.392 e. The van der Waals surface area contributed by atoms with Crippen LogP contribution in [0.2, 0.25) is 0 Å². The van der Waals surface area contributed by atoms with E-state index in [0.717, 1.165) is 43.3 Å². The van der Waals surface area contributed by atoms with Crippen molar-refractivity contribution in [1.82, 2.24) is 10.2 Å². The number of nitrogens with one attached hydrogen (secondary N) is 1. The zero-order valence-corrected chi connectivity index (χ0v) is 18.6. The van der Waals surface area contributed by atoms with Gasteiger partial charge in [0.2, 0.25) is 0 Å². The molecule has 0 bridgehead atoms. The van der Waals surface area contributed by atoms with Crippen molar-refractivity contribution in [3.05, 3.63) is 34.9 Å². The summed E-state index contributed by atoms with van der Waals surface area (Å²) < 4.78 is 0. The van der Waals surface area contributed by atoms with Crippen molar-refractivity contribution >= 4 is 23.0 Å². The minimum Gasteiger partial charge on any atom is -0.392 e. The van der Waals surface area contributed by atoms with E-state index < -0.39 is 0 Å². The maximum absolute atomic E-state index is 5.75. The molecule has 1 aromatic carbocycles. The predicted molar refractivity (Wildman–Crippen MR) is 121 cm³/mol. The van der Waals surface area contributed by atoms with E-state index in [1.807, 2.05) is 0 Å². The number of hydrogen-bond acceptors (Lipinski definition) is 3. The van der Waals surface area contributed by atoms with Crippen molar-refractivity contribution in [3.8, 4) is 0 Å². The van der Waals surface area contributed by atoms with E-state index in [4.69, 9.17) is 17.1 Å². The van der Waals surface area contributed by atoms with E-state index in [-0.39, 0.29) is 6.10 Å². The number of benzene rings is 1. The van der Waals surface area contributed by atoms with Crippen LogP contribution in [-0.2, 0) is 4.84 Å². The van der Waals surface area contributed by atoms with Gasteiger partial charge in [0.1, 0.15) is 6.10 Å². The number of nitrogens with zero attached hydrogens (tertiary/aromatic N) is 2. The summed E-state index contributed by atoms with van der Waals surface area (Å²) in [6.45, 7) is 12.0. The van der Waals surface area contributed by atoms with Crippen molar-refractivity contribution in [3.63, 3.8) is 0 Å². The van der Waals surface area contributed by atoms with E-state index in [0.29, 0.717) is 11.8 Å². The van der Waals surface area contributed by atoms with E-state index in [2.05, 4.69) is 61.3 Å². The van der Waals surface area contributed by atoms with Gasteiger partial charge in [-0.2, -0.15) is 0 Å². The molecule has 28 heavy (non-hydrogen) atoms. The number of oxime groups is 1. The van der Waals surface area contributed by atoms with Crippen LogP contribution in [0, 0.1) is 0 Å². The molecule has 2 aliphatic rings. The third-order valence-electron chi connectivity index (χ3n) is 5.79. The summed E-state index contributed by atoms with van der Waals surface area (Å²) in [5.74, 6) is 1.01. The molecule has 2 aliphatic heterocycles. The molecule has 1 saturated heterocycles. The highest BCUT2D eigenvalue weighted by Gasteiger charge is 2.25. The molecule has 1 fully saturated rings. The molecule has 1 N–H and O–H groups in total. The Bertz CT molecular complexity index is 708. The van der Waals surface area contributed by atoms with Crippen molar-refractivity contribution in [2.24, 2.45) is 5.16 Å².